The van der Waals surface area contributed by atoms with Crippen LogP contribution in [-0.4, -0.2) is 112 Å². The maximum atomic E-state index is 15.3. The molecule has 74 heavy (non-hydrogen) atoms. The van der Waals surface area contributed by atoms with Gasteiger partial charge in [-0.1, -0.05) is 69.6 Å². The van der Waals surface area contributed by atoms with Gasteiger partial charge < -0.3 is 26.4 Å². The number of hydrogen-bond donors (Lipinski definition) is 3. The molecule has 0 radical (unpaired) electrons. The molecular weight excluding hydrogens is 939 g/mol. The van der Waals surface area contributed by atoms with Crippen LogP contribution in [-0.2, 0) is 25.8 Å². The van der Waals surface area contributed by atoms with Gasteiger partial charge in [0.05, 0.1) is 51.1 Å². The quantitative estimate of drug-likeness (QED) is 0.129. The van der Waals surface area contributed by atoms with Gasteiger partial charge in [0.25, 0.3) is 11.8 Å². The molecule has 15 nitrogen and oxygen atoms in total. The van der Waals surface area contributed by atoms with Crippen molar-refractivity contribution in [2.75, 3.05) is 50.7 Å². The maximum Gasteiger partial charge on any atom is 0.257 e. The Morgan fingerprint density at radius 3 is 1.62 bits per heavy atom. The average Bonchev–Trinajstić information content (AvgIpc) is 3.42. The molecule has 2 aliphatic heterocycles. The Morgan fingerprint density at radius 1 is 0.649 bits per heavy atom. The summed E-state index contributed by atoms with van der Waals surface area (Å²) in [4.78, 5) is 61.5. The fourth-order valence-electron chi connectivity index (χ4n) is 8.37. The van der Waals surface area contributed by atoms with Crippen molar-refractivity contribution in [2.24, 2.45) is 0 Å². The van der Waals surface area contributed by atoms with Gasteiger partial charge in [-0.3, -0.25) is 19.5 Å². The number of aliphatic hydroxyl groups excluding tert-OH is 1. The second-order valence-electron chi connectivity index (χ2n) is 17.2. The number of β-amino-alcohol motifs (C(OH)–C–C–N with tert-alkyl or cyclic N) is 1. The number of carbonyl (C=O) groups excluding carboxylic acids is 2. The van der Waals surface area contributed by atoms with E-state index in [0.717, 1.165) is 22.6 Å². The Labute approximate surface area is 430 Å². The number of nitrogens with two attached hydrogens (primary N) is 2. The van der Waals surface area contributed by atoms with E-state index in [9.17, 15) is 14.7 Å². The summed E-state index contributed by atoms with van der Waals surface area (Å²) in [5.74, 6) is 11.3. The lowest BCUT2D eigenvalue weighted by atomic mass is 10.0. The van der Waals surface area contributed by atoms with Crippen LogP contribution in [0.1, 0.15) is 100 Å². The molecule has 0 spiro atoms. The van der Waals surface area contributed by atoms with Gasteiger partial charge >= 0.3 is 0 Å². The predicted octanol–water partition coefficient (Wildman–Crippen LogP) is 7.20. The largest absolute Gasteiger partial charge is 0.392 e. The highest BCUT2D eigenvalue weighted by atomic mass is 19.1. The molecule has 0 aliphatic carbocycles. The van der Waals surface area contributed by atoms with Crippen molar-refractivity contribution in [3.63, 3.8) is 0 Å². The number of piperazine rings is 1. The minimum atomic E-state index is -0.609. The molecule has 17 heteroatoms. The Hall–Kier alpha value is -8.51. The maximum absolute atomic E-state index is 15.3. The zero-order valence-electron chi connectivity index (χ0n) is 42.1. The Balaban J connectivity index is 0.000000209. The number of hydrogen-bond acceptors (Lipinski definition) is 13. The lowest BCUT2D eigenvalue weighted by Crippen LogP contribution is -2.50. The van der Waals surface area contributed by atoms with E-state index in [2.05, 4.69) is 63.5 Å². The number of fused-ring (bicyclic) bond motifs is 1. The molecule has 5 N–H and O–H groups in total. The first kappa shape index (κ1) is 53.3. The Bertz CT molecular complexity index is 3230. The number of halogens is 2. The highest BCUT2D eigenvalue weighted by Crippen LogP contribution is 2.28. The van der Waals surface area contributed by atoms with E-state index in [0.29, 0.717) is 121 Å². The molecule has 2 aromatic carbocycles. The zero-order chi connectivity index (χ0) is 52.7. The Morgan fingerprint density at radius 2 is 1.16 bits per heavy atom. The van der Waals surface area contributed by atoms with Crippen LogP contribution in [0.5, 0.6) is 0 Å². The van der Waals surface area contributed by atoms with Crippen LogP contribution >= 0.6 is 0 Å². The topological polar surface area (TPSA) is 206 Å². The van der Waals surface area contributed by atoms with Crippen LogP contribution in [0.15, 0.2) is 104 Å². The standard InChI is InChI=1S/C28H23FN6O.C27H29FN6O2.C2H6/c1-2-24-22(8-5-18-6-10-26(30)32-15-18)27(34-17-33-24)19-7-9-21(23(29)14-19)28(36)35-13-11-25-20(16-35)4-3-12-31-25;1-3-24-22(7-4-19-5-9-25(29)30-15-19)26(32-17-31-24)20-6-8-21(23(28)14-20)27(36)34-12-10-33(11-13-34)16-18(2)35;1-2/h3-4,6-7,9-10,12,14-15,17H,2,11,13,16H2,1H3,(H2,30,32);5-6,8-9,14-15,17-18,35H,3,10-13,16H2,1-2H3,(H2,29,30);1-2H3. The molecule has 7 aromatic rings. The summed E-state index contributed by atoms with van der Waals surface area (Å²) in [7, 11) is 0. The third kappa shape index (κ3) is 13.1. The highest BCUT2D eigenvalue weighted by Gasteiger charge is 2.27. The lowest BCUT2D eigenvalue weighted by molar-refractivity contribution is 0.0550. The van der Waals surface area contributed by atoms with Gasteiger partial charge in [-0.05, 0) is 79.9 Å². The molecule has 7 heterocycles. The zero-order valence-corrected chi connectivity index (χ0v) is 42.1. The van der Waals surface area contributed by atoms with E-state index in [1.165, 1.54) is 36.9 Å². The van der Waals surface area contributed by atoms with E-state index in [4.69, 9.17) is 11.5 Å². The monoisotopic (exact) mass is 996 g/mol. The third-order valence-corrected chi connectivity index (χ3v) is 12.1. The molecular formula is C57H58F2N12O3. The highest BCUT2D eigenvalue weighted by molar-refractivity contribution is 5.96. The van der Waals surface area contributed by atoms with Crippen molar-refractivity contribution in [2.45, 2.75) is 66.5 Å². The number of amides is 2. The third-order valence-electron chi connectivity index (χ3n) is 12.1. The molecule has 2 amide bonds. The summed E-state index contributed by atoms with van der Waals surface area (Å²) >= 11 is 0. The molecule has 5 aromatic heterocycles. The van der Waals surface area contributed by atoms with E-state index >= 15 is 8.78 Å². The predicted molar refractivity (Wildman–Crippen MR) is 281 cm³/mol. The van der Waals surface area contributed by atoms with Crippen LogP contribution in [0.25, 0.3) is 22.5 Å². The van der Waals surface area contributed by atoms with Crippen molar-refractivity contribution in [3.8, 4) is 46.2 Å². The summed E-state index contributed by atoms with van der Waals surface area (Å²) in [6.07, 6.45) is 9.28. The van der Waals surface area contributed by atoms with Gasteiger partial charge in [0.1, 0.15) is 35.9 Å². The summed E-state index contributed by atoms with van der Waals surface area (Å²) in [6.45, 7) is 13.4. The molecule has 2 aliphatic rings. The summed E-state index contributed by atoms with van der Waals surface area (Å²) < 4.78 is 30.5. The van der Waals surface area contributed by atoms with Gasteiger partial charge in [-0.2, -0.15) is 0 Å². The fourth-order valence-corrected chi connectivity index (χ4v) is 8.37. The first-order valence-electron chi connectivity index (χ1n) is 24.5. The minimum Gasteiger partial charge on any atom is -0.392 e. The number of anilines is 2. The lowest BCUT2D eigenvalue weighted by Gasteiger charge is -2.35. The van der Waals surface area contributed by atoms with Gasteiger partial charge in [0.2, 0.25) is 0 Å². The molecule has 1 fully saturated rings. The van der Waals surface area contributed by atoms with Crippen LogP contribution in [0.4, 0.5) is 20.4 Å². The van der Waals surface area contributed by atoms with Gasteiger partial charge in [-0.15, -0.1) is 0 Å². The van der Waals surface area contributed by atoms with Gasteiger partial charge in [0, 0.05) is 98.8 Å². The number of aryl methyl sites for hydroxylation is 2. The summed E-state index contributed by atoms with van der Waals surface area (Å²) in [6, 6.07) is 19.8. The summed E-state index contributed by atoms with van der Waals surface area (Å²) in [5.41, 5.74) is 19.4. The molecule has 1 unspecified atom stereocenters. The van der Waals surface area contributed by atoms with Crippen molar-refractivity contribution in [1.82, 2.24) is 49.6 Å². The van der Waals surface area contributed by atoms with Crippen LogP contribution in [0.2, 0.25) is 0 Å². The Kier molecular flexibility index (Phi) is 18.2. The second-order valence-corrected chi connectivity index (χ2v) is 17.2. The number of nitrogens with zero attached hydrogens (tertiary/aromatic N) is 10. The van der Waals surface area contributed by atoms with E-state index < -0.39 is 17.7 Å². The van der Waals surface area contributed by atoms with E-state index in [1.54, 1.807) is 71.7 Å². The molecule has 378 valence electrons. The normalized spacial score (nSPS) is 13.3. The molecule has 0 saturated carbocycles. The number of nitrogen functional groups attached to an aromatic ring is 2. The number of carbonyl (C=O) groups is 2. The van der Waals surface area contributed by atoms with E-state index in [1.807, 2.05) is 39.8 Å². The van der Waals surface area contributed by atoms with Crippen molar-refractivity contribution in [1.29, 1.82) is 0 Å². The number of rotatable bonds is 8. The fraction of sp³-hybridized carbons (Fsp3) is 0.281. The smallest absolute Gasteiger partial charge is 0.257 e. The van der Waals surface area contributed by atoms with Gasteiger partial charge in [-0.25, -0.2) is 38.7 Å². The molecule has 1 saturated heterocycles. The van der Waals surface area contributed by atoms with Crippen LogP contribution < -0.4 is 11.5 Å². The number of benzene rings is 2. The molecule has 0 bridgehead atoms. The number of aromatic nitrogens is 7. The minimum absolute atomic E-state index is 0.0214. The van der Waals surface area contributed by atoms with E-state index in [-0.39, 0.29) is 22.9 Å². The second kappa shape index (κ2) is 25.2. The number of aliphatic hydroxyl groups is 1. The van der Waals surface area contributed by atoms with Crippen molar-refractivity contribution < 1.29 is 23.5 Å². The SMILES string of the molecule is CC.CCc1ncnc(-c2ccc(C(=O)N3CCN(CC(C)O)CC3)c(F)c2)c1C#Cc1ccc(N)nc1.CCc1ncnc(-c2ccc(C(=O)N3CCc4ncccc4C3)c(F)c2)c1C#Cc1ccc(N)nc1. The molecule has 9 rings (SSSR count). The van der Waals surface area contributed by atoms with Crippen molar-refractivity contribution in [3.05, 3.63) is 172 Å². The van der Waals surface area contributed by atoms with Crippen LogP contribution in [0, 0.1) is 35.3 Å². The molecule has 1 atom stereocenters. The van der Waals surface area contributed by atoms with Crippen LogP contribution in [0.3, 0.4) is 0 Å². The average molecular weight is 997 g/mol. The van der Waals surface area contributed by atoms with Crippen molar-refractivity contribution >= 4 is 23.5 Å². The van der Waals surface area contributed by atoms with Gasteiger partial charge in [0.15, 0.2) is 0 Å². The summed E-state index contributed by atoms with van der Waals surface area (Å²) in [5, 5.41) is 9.57. The first-order valence-corrected chi connectivity index (χ1v) is 24.5. The first-order chi connectivity index (χ1) is 35.9. The number of pyridine rings is 3.